The minimum Gasteiger partial charge on any atom is -0.283 e. The zero-order chi connectivity index (χ0) is 9.84. The maximum atomic E-state index is 11.2. The second kappa shape index (κ2) is 4.24. The van der Waals surface area contributed by atoms with Crippen LogP contribution in [-0.2, 0) is 0 Å². The first-order chi connectivity index (χ1) is 6.09. The highest BCUT2D eigenvalue weighted by Gasteiger charge is 2.07. The highest BCUT2D eigenvalue weighted by Crippen LogP contribution is 1.96. The number of nitrogens with zero attached hydrogens (tertiary/aromatic N) is 1. The summed E-state index contributed by atoms with van der Waals surface area (Å²) in [6.07, 6.45) is 0. The van der Waals surface area contributed by atoms with Crippen molar-refractivity contribution in [3.63, 3.8) is 0 Å². The summed E-state index contributed by atoms with van der Waals surface area (Å²) in [5, 5.41) is 6.40. The molecule has 0 aliphatic rings. The average molecular weight is 216 g/mol. The summed E-state index contributed by atoms with van der Waals surface area (Å²) in [7, 11) is 0. The number of aromatic amines is 1. The molecule has 0 aromatic carbocycles. The topological polar surface area (TPSA) is 69.8 Å². The lowest BCUT2D eigenvalue weighted by Crippen LogP contribution is -2.38. The van der Waals surface area contributed by atoms with Crippen LogP contribution in [0.1, 0.15) is 16.2 Å². The molecule has 0 unspecified atom stereocenters. The van der Waals surface area contributed by atoms with Gasteiger partial charge in [0.1, 0.15) is 4.32 Å². The molecule has 0 atom stereocenters. The Morgan fingerprint density at radius 1 is 1.69 bits per heavy atom. The van der Waals surface area contributed by atoms with Crippen LogP contribution in [0.5, 0.6) is 0 Å². The summed E-state index contributed by atoms with van der Waals surface area (Å²) in [5.41, 5.74) is 5.84. The Labute approximate surface area is 85.7 Å². The third-order valence-electron chi connectivity index (χ3n) is 1.22. The lowest BCUT2D eigenvalue weighted by Gasteiger charge is -2.02. The standard InChI is InChI=1S/C6H8N4OS2/c1-3-2-4(8-7-3)5(11)9-10-6(12)13/h2H,1H3,(H,7,8)(H,9,11)(H2,10,12,13). The van der Waals surface area contributed by atoms with Crippen LogP contribution in [-0.4, -0.2) is 20.4 Å². The van der Waals surface area contributed by atoms with Crippen LogP contribution >= 0.6 is 24.8 Å². The maximum absolute atomic E-state index is 11.2. The molecule has 3 N–H and O–H groups in total. The van der Waals surface area contributed by atoms with E-state index in [-0.39, 0.29) is 10.2 Å². The molecule has 0 bridgehead atoms. The van der Waals surface area contributed by atoms with Crippen LogP contribution in [0.25, 0.3) is 0 Å². The minimum atomic E-state index is -0.360. The molecule has 7 heteroatoms. The number of hydrazine groups is 1. The van der Waals surface area contributed by atoms with Gasteiger partial charge in [-0.1, -0.05) is 12.2 Å². The normalized spacial score (nSPS) is 9.38. The maximum Gasteiger partial charge on any atom is 0.290 e. The van der Waals surface area contributed by atoms with Crippen molar-refractivity contribution in [2.24, 2.45) is 0 Å². The van der Waals surface area contributed by atoms with Crippen LogP contribution < -0.4 is 10.9 Å². The van der Waals surface area contributed by atoms with E-state index in [0.29, 0.717) is 5.69 Å². The fourth-order valence-electron chi connectivity index (χ4n) is 0.709. The number of rotatable bonds is 1. The Balaban J connectivity index is 2.54. The molecule has 0 spiro atoms. The SMILES string of the molecule is Cc1cc(C(=O)NNC(=S)S)n[nH]1. The number of hydrogen-bond acceptors (Lipinski definition) is 3. The van der Waals surface area contributed by atoms with Crippen LogP contribution in [0, 0.1) is 6.92 Å². The average Bonchev–Trinajstić information content (AvgIpc) is 2.47. The Morgan fingerprint density at radius 3 is 2.85 bits per heavy atom. The van der Waals surface area contributed by atoms with Crippen molar-refractivity contribution >= 4 is 35.1 Å². The van der Waals surface area contributed by atoms with Crippen molar-refractivity contribution < 1.29 is 4.79 Å². The lowest BCUT2D eigenvalue weighted by atomic mass is 10.4. The Bertz CT molecular complexity index is 335. The van der Waals surface area contributed by atoms with Gasteiger partial charge in [-0.2, -0.15) is 5.10 Å². The molecule has 0 fully saturated rings. The Morgan fingerprint density at radius 2 is 2.38 bits per heavy atom. The molecule has 1 amide bonds. The van der Waals surface area contributed by atoms with E-state index in [2.05, 4.69) is 45.9 Å². The van der Waals surface area contributed by atoms with E-state index in [1.807, 2.05) is 0 Å². The predicted molar refractivity (Wildman–Crippen MR) is 55.5 cm³/mol. The smallest absolute Gasteiger partial charge is 0.283 e. The number of nitrogens with one attached hydrogen (secondary N) is 3. The first-order valence-corrected chi connectivity index (χ1v) is 4.26. The van der Waals surface area contributed by atoms with Gasteiger partial charge in [0, 0.05) is 5.69 Å². The Kier molecular flexibility index (Phi) is 3.26. The molecular formula is C6H8N4OS2. The summed E-state index contributed by atoms with van der Waals surface area (Å²) < 4.78 is 0.195. The summed E-state index contributed by atoms with van der Waals surface area (Å²) >= 11 is 8.35. The van der Waals surface area contributed by atoms with Gasteiger partial charge in [0.15, 0.2) is 5.69 Å². The van der Waals surface area contributed by atoms with Gasteiger partial charge >= 0.3 is 0 Å². The second-order valence-electron chi connectivity index (χ2n) is 2.32. The van der Waals surface area contributed by atoms with E-state index < -0.39 is 0 Å². The van der Waals surface area contributed by atoms with Crippen molar-refractivity contribution in [1.29, 1.82) is 0 Å². The van der Waals surface area contributed by atoms with E-state index >= 15 is 0 Å². The fraction of sp³-hybridized carbons (Fsp3) is 0.167. The highest BCUT2D eigenvalue weighted by atomic mass is 32.1. The second-order valence-corrected chi connectivity index (χ2v) is 3.48. The van der Waals surface area contributed by atoms with Gasteiger partial charge in [0.25, 0.3) is 5.91 Å². The number of H-pyrrole nitrogens is 1. The molecule has 5 nitrogen and oxygen atoms in total. The highest BCUT2D eigenvalue weighted by molar-refractivity contribution is 8.11. The van der Waals surface area contributed by atoms with E-state index in [0.717, 1.165) is 5.69 Å². The minimum absolute atomic E-state index is 0.195. The number of hydrogen-bond donors (Lipinski definition) is 4. The number of thiol groups is 1. The van der Waals surface area contributed by atoms with Gasteiger partial charge in [-0.25, -0.2) is 0 Å². The number of carbonyl (C=O) groups is 1. The van der Waals surface area contributed by atoms with Crippen LogP contribution in [0.15, 0.2) is 6.07 Å². The van der Waals surface area contributed by atoms with Crippen molar-refractivity contribution in [1.82, 2.24) is 21.0 Å². The molecule has 0 saturated heterocycles. The van der Waals surface area contributed by atoms with E-state index in [1.54, 1.807) is 13.0 Å². The van der Waals surface area contributed by atoms with Crippen molar-refractivity contribution in [3.05, 3.63) is 17.5 Å². The lowest BCUT2D eigenvalue weighted by molar-refractivity contribution is 0.0939. The van der Waals surface area contributed by atoms with Crippen LogP contribution in [0.3, 0.4) is 0 Å². The van der Waals surface area contributed by atoms with Crippen LogP contribution in [0.4, 0.5) is 0 Å². The van der Waals surface area contributed by atoms with Crippen molar-refractivity contribution in [2.75, 3.05) is 0 Å². The number of thiocarbonyl (C=S) groups is 1. The third kappa shape index (κ3) is 3.03. The zero-order valence-corrected chi connectivity index (χ0v) is 8.50. The molecule has 0 saturated carbocycles. The van der Waals surface area contributed by atoms with Gasteiger partial charge in [-0.15, -0.1) is 12.6 Å². The van der Waals surface area contributed by atoms with Gasteiger partial charge in [-0.05, 0) is 13.0 Å². The van der Waals surface area contributed by atoms with Gasteiger partial charge in [-0.3, -0.25) is 20.7 Å². The zero-order valence-electron chi connectivity index (χ0n) is 6.79. The largest absolute Gasteiger partial charge is 0.290 e. The van der Waals surface area contributed by atoms with Crippen molar-refractivity contribution in [3.8, 4) is 0 Å². The molecule has 70 valence electrons. The molecule has 0 aliphatic carbocycles. The molecule has 1 aromatic heterocycles. The molecule has 1 heterocycles. The first-order valence-electron chi connectivity index (χ1n) is 3.41. The quantitative estimate of drug-likeness (QED) is 0.307. The Hall–Kier alpha value is -1.08. The van der Waals surface area contributed by atoms with E-state index in [1.165, 1.54) is 0 Å². The van der Waals surface area contributed by atoms with Gasteiger partial charge in [0.05, 0.1) is 0 Å². The number of aromatic nitrogens is 2. The number of carbonyl (C=O) groups excluding carboxylic acids is 1. The summed E-state index contributed by atoms with van der Waals surface area (Å²) in [4.78, 5) is 11.2. The molecule has 0 aliphatic heterocycles. The molecule has 1 aromatic rings. The molecule has 1 rings (SSSR count). The molecular weight excluding hydrogens is 208 g/mol. The monoisotopic (exact) mass is 216 g/mol. The van der Waals surface area contributed by atoms with Crippen LogP contribution in [0.2, 0.25) is 0 Å². The van der Waals surface area contributed by atoms with Gasteiger partial charge < -0.3 is 0 Å². The predicted octanol–water partition coefficient (Wildman–Crippen LogP) is 0.167. The summed E-state index contributed by atoms with van der Waals surface area (Å²) in [6, 6.07) is 1.62. The van der Waals surface area contributed by atoms with Gasteiger partial charge in [0.2, 0.25) is 0 Å². The fourth-order valence-corrected chi connectivity index (χ4v) is 0.816. The van der Waals surface area contributed by atoms with E-state index in [9.17, 15) is 4.79 Å². The van der Waals surface area contributed by atoms with Crippen molar-refractivity contribution in [2.45, 2.75) is 6.92 Å². The summed E-state index contributed by atoms with van der Waals surface area (Å²) in [6.45, 7) is 1.81. The molecule has 13 heavy (non-hydrogen) atoms. The number of aryl methyl sites for hydroxylation is 1. The number of amides is 1. The summed E-state index contributed by atoms with van der Waals surface area (Å²) in [5.74, 6) is -0.360. The molecule has 0 radical (unpaired) electrons. The first kappa shape index (κ1) is 10.0. The third-order valence-corrected chi connectivity index (χ3v) is 1.44. The van der Waals surface area contributed by atoms with E-state index in [4.69, 9.17) is 0 Å².